The van der Waals surface area contributed by atoms with Crippen LogP contribution in [0.15, 0.2) is 53.7 Å². The van der Waals surface area contributed by atoms with E-state index in [2.05, 4.69) is 22.3 Å². The van der Waals surface area contributed by atoms with Gasteiger partial charge in [-0.05, 0) is 23.8 Å². The molecule has 0 N–H and O–H groups in total. The van der Waals surface area contributed by atoms with Crippen molar-refractivity contribution < 1.29 is 14.3 Å². The van der Waals surface area contributed by atoms with Gasteiger partial charge < -0.3 is 14.0 Å². The van der Waals surface area contributed by atoms with Gasteiger partial charge in [-0.15, -0.1) is 10.2 Å². The molecule has 140 valence electrons. The molecular weight excluding hydrogens is 362 g/mol. The quantitative estimate of drug-likeness (QED) is 0.439. The molecule has 1 aromatic heterocycles. The van der Waals surface area contributed by atoms with Crippen LogP contribution in [0.3, 0.4) is 0 Å². The Kier molecular flexibility index (Phi) is 6.13. The molecule has 0 amide bonds. The van der Waals surface area contributed by atoms with Gasteiger partial charge in [0, 0.05) is 19.0 Å². The Hall–Kier alpha value is -2.80. The number of benzene rings is 2. The number of methoxy groups -OCH3 is 2. The van der Waals surface area contributed by atoms with Crippen molar-refractivity contribution >= 4 is 17.5 Å². The summed E-state index contributed by atoms with van der Waals surface area (Å²) in [5.74, 6) is 2.26. The highest BCUT2D eigenvalue weighted by Crippen LogP contribution is 2.28. The van der Waals surface area contributed by atoms with Gasteiger partial charge in [0.05, 0.1) is 20.0 Å². The van der Waals surface area contributed by atoms with Crippen LogP contribution >= 0.6 is 11.8 Å². The van der Waals surface area contributed by atoms with E-state index in [1.165, 1.54) is 17.3 Å². The summed E-state index contributed by atoms with van der Waals surface area (Å²) in [7, 11) is 5.03. The number of hydrogen-bond acceptors (Lipinski definition) is 6. The molecule has 3 aromatic rings. The molecule has 27 heavy (non-hydrogen) atoms. The Balaban J connectivity index is 1.66. The monoisotopic (exact) mass is 383 g/mol. The van der Waals surface area contributed by atoms with Gasteiger partial charge in [0.2, 0.25) is 0 Å². The third kappa shape index (κ3) is 4.49. The molecule has 0 fully saturated rings. The maximum atomic E-state index is 12.5. The first kappa shape index (κ1) is 19.0. The number of nitrogens with zero attached hydrogens (tertiary/aromatic N) is 3. The molecule has 0 aliphatic rings. The normalized spacial score (nSPS) is 10.6. The predicted octanol–water partition coefficient (Wildman–Crippen LogP) is 3.40. The summed E-state index contributed by atoms with van der Waals surface area (Å²) in [5, 5.41) is 9.19. The summed E-state index contributed by atoms with van der Waals surface area (Å²) in [5.41, 5.74) is 1.75. The topological polar surface area (TPSA) is 66.2 Å². The van der Waals surface area contributed by atoms with Crippen molar-refractivity contribution in [1.29, 1.82) is 0 Å². The lowest BCUT2D eigenvalue weighted by Crippen LogP contribution is -2.05. The zero-order chi connectivity index (χ0) is 19.2. The van der Waals surface area contributed by atoms with Crippen molar-refractivity contribution in [3.8, 4) is 11.5 Å². The molecule has 0 saturated heterocycles. The summed E-state index contributed by atoms with van der Waals surface area (Å²) in [6.45, 7) is 0. The fourth-order valence-electron chi connectivity index (χ4n) is 2.63. The number of aromatic nitrogens is 3. The molecule has 3 rings (SSSR count). The molecular formula is C20H21N3O3S. The van der Waals surface area contributed by atoms with Gasteiger partial charge in [-0.3, -0.25) is 4.79 Å². The van der Waals surface area contributed by atoms with E-state index in [9.17, 15) is 4.79 Å². The summed E-state index contributed by atoms with van der Waals surface area (Å²) < 4.78 is 12.4. The Morgan fingerprint density at radius 2 is 1.78 bits per heavy atom. The summed E-state index contributed by atoms with van der Waals surface area (Å²) in [4.78, 5) is 12.5. The molecule has 0 saturated carbocycles. The van der Waals surface area contributed by atoms with E-state index in [1.54, 1.807) is 32.4 Å². The van der Waals surface area contributed by atoms with Gasteiger partial charge in [0.15, 0.2) is 22.4 Å². The van der Waals surface area contributed by atoms with E-state index < -0.39 is 0 Å². The lowest BCUT2D eigenvalue weighted by molar-refractivity contribution is 0.102. The number of Topliss-reactive ketones (excluding diaryl/α,β-unsaturated/α-hetero) is 1. The van der Waals surface area contributed by atoms with Gasteiger partial charge in [-0.25, -0.2) is 0 Å². The van der Waals surface area contributed by atoms with Crippen molar-refractivity contribution in [2.24, 2.45) is 7.05 Å². The van der Waals surface area contributed by atoms with Gasteiger partial charge in [0.25, 0.3) is 0 Å². The molecule has 0 bridgehead atoms. The van der Waals surface area contributed by atoms with Crippen LogP contribution in [0.25, 0.3) is 0 Å². The maximum absolute atomic E-state index is 12.5. The Morgan fingerprint density at radius 1 is 1.04 bits per heavy atom. The molecule has 0 aliphatic heterocycles. The molecule has 7 heteroatoms. The minimum atomic E-state index is -0.00596. The first-order chi connectivity index (χ1) is 13.1. The van der Waals surface area contributed by atoms with E-state index in [-0.39, 0.29) is 11.5 Å². The first-order valence-electron chi connectivity index (χ1n) is 8.42. The SMILES string of the molecule is COc1ccc(C(=O)CSc2nnc(Cc3ccccc3)n2C)cc1OC. The van der Waals surface area contributed by atoms with E-state index in [0.29, 0.717) is 23.5 Å². The summed E-state index contributed by atoms with van der Waals surface area (Å²) in [6, 6.07) is 15.3. The Morgan fingerprint density at radius 3 is 2.48 bits per heavy atom. The number of carbonyl (C=O) groups excluding carboxylic acids is 1. The average Bonchev–Trinajstić information content (AvgIpc) is 3.05. The first-order valence-corrected chi connectivity index (χ1v) is 9.41. The minimum Gasteiger partial charge on any atom is -0.493 e. The average molecular weight is 383 g/mol. The molecule has 0 radical (unpaired) electrons. The van der Waals surface area contributed by atoms with Crippen LogP contribution in [0.1, 0.15) is 21.7 Å². The minimum absolute atomic E-state index is 0.00596. The number of ether oxygens (including phenoxy) is 2. The van der Waals surface area contributed by atoms with Crippen LogP contribution in [0.2, 0.25) is 0 Å². The molecule has 1 heterocycles. The van der Waals surface area contributed by atoms with E-state index in [1.807, 2.05) is 29.8 Å². The van der Waals surface area contributed by atoms with Crippen molar-refractivity contribution in [2.75, 3.05) is 20.0 Å². The van der Waals surface area contributed by atoms with Crippen LogP contribution in [-0.4, -0.2) is 40.5 Å². The maximum Gasteiger partial charge on any atom is 0.191 e. The molecule has 2 aromatic carbocycles. The highest BCUT2D eigenvalue weighted by atomic mass is 32.2. The second kappa shape index (κ2) is 8.73. The zero-order valence-electron chi connectivity index (χ0n) is 15.5. The third-order valence-electron chi connectivity index (χ3n) is 4.17. The van der Waals surface area contributed by atoms with E-state index in [4.69, 9.17) is 9.47 Å². The Bertz CT molecular complexity index is 925. The summed E-state index contributed by atoms with van der Waals surface area (Å²) in [6.07, 6.45) is 0.703. The predicted molar refractivity (Wildman–Crippen MR) is 105 cm³/mol. The van der Waals surface area contributed by atoms with E-state index in [0.717, 1.165) is 11.0 Å². The fraction of sp³-hybridized carbons (Fsp3) is 0.250. The van der Waals surface area contributed by atoms with Crippen molar-refractivity contribution in [1.82, 2.24) is 14.8 Å². The lowest BCUT2D eigenvalue weighted by Gasteiger charge is -2.09. The summed E-state index contributed by atoms with van der Waals surface area (Å²) >= 11 is 1.37. The number of carbonyl (C=O) groups is 1. The highest BCUT2D eigenvalue weighted by molar-refractivity contribution is 7.99. The number of hydrogen-bond donors (Lipinski definition) is 0. The highest BCUT2D eigenvalue weighted by Gasteiger charge is 2.15. The number of thioether (sulfide) groups is 1. The van der Waals surface area contributed by atoms with Crippen LogP contribution in [0, 0.1) is 0 Å². The zero-order valence-corrected chi connectivity index (χ0v) is 16.3. The molecule has 0 atom stereocenters. The lowest BCUT2D eigenvalue weighted by atomic mass is 10.1. The molecule has 0 spiro atoms. The standard InChI is InChI=1S/C20H21N3O3S/c1-23-19(11-14-7-5-4-6-8-14)21-22-20(23)27-13-16(24)15-9-10-17(25-2)18(12-15)26-3/h4-10,12H,11,13H2,1-3H3. The smallest absolute Gasteiger partial charge is 0.191 e. The molecule has 6 nitrogen and oxygen atoms in total. The second-order valence-corrected chi connectivity index (χ2v) is 6.84. The molecule has 0 unspecified atom stereocenters. The molecule has 0 aliphatic carbocycles. The van der Waals surface area contributed by atoms with Gasteiger partial charge in [0.1, 0.15) is 5.82 Å². The van der Waals surface area contributed by atoms with Gasteiger partial charge >= 0.3 is 0 Å². The number of rotatable bonds is 8. The van der Waals surface area contributed by atoms with Crippen LogP contribution in [0.5, 0.6) is 11.5 Å². The largest absolute Gasteiger partial charge is 0.493 e. The Labute approximate surface area is 162 Å². The van der Waals surface area contributed by atoms with Crippen molar-refractivity contribution in [3.05, 3.63) is 65.5 Å². The van der Waals surface area contributed by atoms with E-state index >= 15 is 0 Å². The van der Waals surface area contributed by atoms with Gasteiger partial charge in [-0.2, -0.15) is 0 Å². The van der Waals surface area contributed by atoms with Crippen molar-refractivity contribution in [3.63, 3.8) is 0 Å². The van der Waals surface area contributed by atoms with Gasteiger partial charge in [-0.1, -0.05) is 42.1 Å². The van der Waals surface area contributed by atoms with Crippen LogP contribution < -0.4 is 9.47 Å². The fourth-order valence-corrected chi connectivity index (χ4v) is 3.45. The van der Waals surface area contributed by atoms with Crippen molar-refractivity contribution in [2.45, 2.75) is 11.6 Å². The third-order valence-corrected chi connectivity index (χ3v) is 5.19. The van der Waals surface area contributed by atoms with Crippen LogP contribution in [-0.2, 0) is 13.5 Å². The number of ketones is 1. The second-order valence-electron chi connectivity index (χ2n) is 5.90. The van der Waals surface area contributed by atoms with Crippen LogP contribution in [0.4, 0.5) is 0 Å².